The topological polar surface area (TPSA) is 62.3 Å². The molecule has 0 radical (unpaired) electrons. The second-order valence-electron chi connectivity index (χ2n) is 5.02. The van der Waals surface area contributed by atoms with Gasteiger partial charge in [0.25, 0.3) is 5.91 Å². The van der Waals surface area contributed by atoms with Crippen LogP contribution in [0.1, 0.15) is 23.2 Å². The van der Waals surface area contributed by atoms with Crippen molar-refractivity contribution in [1.82, 2.24) is 4.98 Å². The molecule has 2 heterocycles. The SMILES string of the molecule is O=C(Nc1cccc(N2CCCC2=O)c1)c1ccnc(Cl)c1. The normalized spacial score (nSPS) is 14.2. The Morgan fingerprint density at radius 1 is 1.27 bits per heavy atom. The van der Waals surface area contributed by atoms with Crippen LogP contribution in [0.4, 0.5) is 11.4 Å². The lowest BCUT2D eigenvalue weighted by Crippen LogP contribution is -2.23. The van der Waals surface area contributed by atoms with Gasteiger partial charge in [0, 0.05) is 36.1 Å². The highest BCUT2D eigenvalue weighted by Crippen LogP contribution is 2.24. The van der Waals surface area contributed by atoms with Crippen molar-refractivity contribution in [2.45, 2.75) is 12.8 Å². The predicted octanol–water partition coefficient (Wildman–Crippen LogP) is 3.11. The third kappa shape index (κ3) is 3.09. The average Bonchev–Trinajstić information content (AvgIpc) is 2.94. The number of nitrogens with one attached hydrogen (secondary N) is 1. The average molecular weight is 316 g/mol. The molecule has 0 bridgehead atoms. The molecule has 5 nitrogen and oxygen atoms in total. The van der Waals surface area contributed by atoms with Gasteiger partial charge in [-0.15, -0.1) is 0 Å². The van der Waals surface area contributed by atoms with Crippen LogP contribution in [0, 0.1) is 0 Å². The number of hydrogen-bond donors (Lipinski definition) is 1. The number of amides is 2. The Morgan fingerprint density at radius 2 is 2.14 bits per heavy atom. The van der Waals surface area contributed by atoms with Crippen LogP contribution >= 0.6 is 11.6 Å². The van der Waals surface area contributed by atoms with Gasteiger partial charge < -0.3 is 10.2 Å². The zero-order valence-electron chi connectivity index (χ0n) is 11.8. The van der Waals surface area contributed by atoms with E-state index in [1.165, 1.54) is 12.3 Å². The summed E-state index contributed by atoms with van der Waals surface area (Å²) < 4.78 is 0. The summed E-state index contributed by atoms with van der Waals surface area (Å²) in [5, 5.41) is 3.07. The fourth-order valence-electron chi connectivity index (χ4n) is 2.42. The Hall–Kier alpha value is -2.40. The van der Waals surface area contributed by atoms with Crippen LogP contribution in [-0.4, -0.2) is 23.3 Å². The Morgan fingerprint density at radius 3 is 2.86 bits per heavy atom. The van der Waals surface area contributed by atoms with Crippen LogP contribution in [0.2, 0.25) is 5.15 Å². The number of hydrogen-bond acceptors (Lipinski definition) is 3. The van der Waals surface area contributed by atoms with E-state index in [1.54, 1.807) is 23.1 Å². The molecule has 1 fully saturated rings. The summed E-state index contributed by atoms with van der Waals surface area (Å²) in [4.78, 5) is 29.5. The van der Waals surface area contributed by atoms with Gasteiger partial charge in [0.15, 0.2) is 0 Å². The molecule has 1 aliphatic heterocycles. The Balaban J connectivity index is 1.78. The maximum atomic E-state index is 12.2. The third-order valence-corrected chi connectivity index (χ3v) is 3.68. The van der Waals surface area contributed by atoms with Gasteiger partial charge in [0.1, 0.15) is 5.15 Å². The smallest absolute Gasteiger partial charge is 0.255 e. The van der Waals surface area contributed by atoms with Crippen LogP contribution in [0.25, 0.3) is 0 Å². The second kappa shape index (κ2) is 6.15. The lowest BCUT2D eigenvalue weighted by Gasteiger charge is -2.16. The molecule has 0 atom stereocenters. The molecule has 1 saturated heterocycles. The molecule has 1 aliphatic rings. The monoisotopic (exact) mass is 315 g/mol. The summed E-state index contributed by atoms with van der Waals surface area (Å²) in [5.74, 6) is -0.154. The molecule has 0 saturated carbocycles. The number of nitrogens with zero attached hydrogens (tertiary/aromatic N) is 2. The molecule has 112 valence electrons. The largest absolute Gasteiger partial charge is 0.322 e. The summed E-state index contributed by atoms with van der Waals surface area (Å²) >= 11 is 5.78. The van der Waals surface area contributed by atoms with Gasteiger partial charge >= 0.3 is 0 Å². The second-order valence-corrected chi connectivity index (χ2v) is 5.41. The number of carbonyl (C=O) groups excluding carboxylic acids is 2. The summed E-state index contributed by atoms with van der Waals surface area (Å²) in [5.41, 5.74) is 1.87. The van der Waals surface area contributed by atoms with Gasteiger partial charge in [0.2, 0.25) is 5.91 Å². The fourth-order valence-corrected chi connectivity index (χ4v) is 2.59. The van der Waals surface area contributed by atoms with Crippen LogP contribution in [0.5, 0.6) is 0 Å². The minimum Gasteiger partial charge on any atom is -0.322 e. The molecular formula is C16H14ClN3O2. The molecule has 3 rings (SSSR count). The first-order chi connectivity index (χ1) is 10.6. The van der Waals surface area contributed by atoms with Crippen LogP contribution in [0.3, 0.4) is 0 Å². The molecule has 1 N–H and O–H groups in total. The molecule has 0 spiro atoms. The standard InChI is InChI=1S/C16H14ClN3O2/c17-14-9-11(6-7-18-14)16(22)19-12-3-1-4-13(10-12)20-8-2-5-15(20)21/h1,3-4,6-7,9-10H,2,5,8H2,(H,19,22). The van der Waals surface area contributed by atoms with E-state index in [-0.39, 0.29) is 17.0 Å². The first-order valence-electron chi connectivity index (χ1n) is 6.97. The number of benzene rings is 1. The Labute approximate surface area is 132 Å². The van der Waals surface area contributed by atoms with Crippen LogP contribution in [-0.2, 0) is 4.79 Å². The van der Waals surface area contributed by atoms with Gasteiger partial charge in [-0.05, 0) is 36.8 Å². The van der Waals surface area contributed by atoms with E-state index < -0.39 is 0 Å². The number of pyridine rings is 1. The van der Waals surface area contributed by atoms with Crippen molar-refractivity contribution in [2.75, 3.05) is 16.8 Å². The molecule has 2 aromatic rings. The minimum atomic E-state index is -0.269. The van der Waals surface area contributed by atoms with E-state index in [0.29, 0.717) is 17.7 Å². The highest BCUT2D eigenvalue weighted by molar-refractivity contribution is 6.29. The van der Waals surface area contributed by atoms with Crippen molar-refractivity contribution in [3.63, 3.8) is 0 Å². The number of anilines is 2. The van der Waals surface area contributed by atoms with E-state index in [4.69, 9.17) is 11.6 Å². The van der Waals surface area contributed by atoms with Crippen molar-refractivity contribution in [1.29, 1.82) is 0 Å². The Kier molecular flexibility index (Phi) is 4.06. The van der Waals surface area contributed by atoms with E-state index in [1.807, 2.05) is 12.1 Å². The molecule has 2 amide bonds. The van der Waals surface area contributed by atoms with E-state index in [9.17, 15) is 9.59 Å². The summed E-state index contributed by atoms with van der Waals surface area (Å²) in [6.45, 7) is 0.718. The summed E-state index contributed by atoms with van der Waals surface area (Å²) in [6.07, 6.45) is 2.92. The lowest BCUT2D eigenvalue weighted by atomic mass is 10.2. The summed E-state index contributed by atoms with van der Waals surface area (Å²) in [6, 6.07) is 10.4. The third-order valence-electron chi connectivity index (χ3n) is 3.48. The maximum Gasteiger partial charge on any atom is 0.255 e. The zero-order valence-corrected chi connectivity index (χ0v) is 12.5. The highest BCUT2D eigenvalue weighted by atomic mass is 35.5. The van der Waals surface area contributed by atoms with Crippen LogP contribution in [0.15, 0.2) is 42.6 Å². The van der Waals surface area contributed by atoms with Gasteiger partial charge in [-0.2, -0.15) is 0 Å². The van der Waals surface area contributed by atoms with Gasteiger partial charge in [-0.1, -0.05) is 17.7 Å². The number of rotatable bonds is 3. The van der Waals surface area contributed by atoms with E-state index >= 15 is 0 Å². The van der Waals surface area contributed by atoms with Crippen molar-refractivity contribution >= 4 is 34.8 Å². The molecule has 6 heteroatoms. The highest BCUT2D eigenvalue weighted by Gasteiger charge is 2.21. The molecule has 1 aromatic carbocycles. The first kappa shape index (κ1) is 14.5. The predicted molar refractivity (Wildman–Crippen MR) is 85.2 cm³/mol. The zero-order chi connectivity index (χ0) is 15.5. The molecule has 0 aliphatic carbocycles. The quantitative estimate of drug-likeness (QED) is 0.885. The maximum absolute atomic E-state index is 12.2. The molecule has 0 unspecified atom stereocenters. The van der Waals surface area contributed by atoms with Crippen molar-refractivity contribution in [3.05, 3.63) is 53.3 Å². The van der Waals surface area contributed by atoms with Gasteiger partial charge in [0.05, 0.1) is 0 Å². The number of carbonyl (C=O) groups is 2. The van der Waals surface area contributed by atoms with E-state index in [0.717, 1.165) is 18.7 Å². The molecule has 22 heavy (non-hydrogen) atoms. The fraction of sp³-hybridized carbons (Fsp3) is 0.188. The minimum absolute atomic E-state index is 0.115. The van der Waals surface area contributed by atoms with Gasteiger partial charge in [-0.25, -0.2) is 4.98 Å². The van der Waals surface area contributed by atoms with Gasteiger partial charge in [-0.3, -0.25) is 9.59 Å². The number of aromatic nitrogens is 1. The van der Waals surface area contributed by atoms with E-state index in [2.05, 4.69) is 10.3 Å². The lowest BCUT2D eigenvalue weighted by molar-refractivity contribution is -0.117. The Bertz CT molecular complexity index is 733. The van der Waals surface area contributed by atoms with Crippen LogP contribution < -0.4 is 10.2 Å². The first-order valence-corrected chi connectivity index (χ1v) is 7.34. The molecule has 1 aromatic heterocycles. The number of halogens is 1. The van der Waals surface area contributed by atoms with Crippen molar-refractivity contribution < 1.29 is 9.59 Å². The summed E-state index contributed by atoms with van der Waals surface area (Å²) in [7, 11) is 0. The van der Waals surface area contributed by atoms with Crippen molar-refractivity contribution in [3.8, 4) is 0 Å². The van der Waals surface area contributed by atoms with Crippen molar-refractivity contribution in [2.24, 2.45) is 0 Å². The molecular weight excluding hydrogens is 302 g/mol.